The number of nitrogens with zero attached hydrogens (tertiary/aromatic N) is 2. The summed E-state index contributed by atoms with van der Waals surface area (Å²) in [4.78, 5) is 17.4. The van der Waals surface area contributed by atoms with Gasteiger partial charge in [-0.1, -0.05) is 50.2 Å². The maximum atomic E-state index is 13.0. The van der Waals surface area contributed by atoms with Gasteiger partial charge in [0.1, 0.15) is 5.75 Å². The summed E-state index contributed by atoms with van der Waals surface area (Å²) in [7, 11) is 1.70. The summed E-state index contributed by atoms with van der Waals surface area (Å²) < 4.78 is 5.54. The summed E-state index contributed by atoms with van der Waals surface area (Å²) in [6.45, 7) is 7.69. The maximum Gasteiger partial charge on any atom is 0.223 e. The molecule has 27 heavy (non-hydrogen) atoms. The molecule has 1 fully saturated rings. The van der Waals surface area contributed by atoms with Crippen molar-refractivity contribution in [1.82, 2.24) is 4.90 Å². The normalized spacial score (nSPS) is 15.7. The van der Waals surface area contributed by atoms with E-state index in [0.717, 1.165) is 37.5 Å². The van der Waals surface area contributed by atoms with Crippen molar-refractivity contribution < 1.29 is 9.53 Å². The molecule has 0 aromatic heterocycles. The standard InChI is InChI=1S/C23H30N2O2/c1-18(2)21(20-11-7-8-12-22(20)27-3)17-23(26)25-15-13-24(14-16-25)19-9-5-4-6-10-19/h4-12,18,21H,13-17H2,1-3H3/t21-/m1/s1. The van der Waals surface area contributed by atoms with E-state index >= 15 is 0 Å². The monoisotopic (exact) mass is 366 g/mol. The fourth-order valence-corrected chi connectivity index (χ4v) is 3.85. The average molecular weight is 367 g/mol. The summed E-state index contributed by atoms with van der Waals surface area (Å²) in [5.41, 5.74) is 2.37. The van der Waals surface area contributed by atoms with E-state index in [1.807, 2.05) is 29.2 Å². The fraction of sp³-hybridized carbons (Fsp3) is 0.435. The largest absolute Gasteiger partial charge is 0.496 e. The van der Waals surface area contributed by atoms with Crippen LogP contribution in [0.4, 0.5) is 5.69 Å². The minimum absolute atomic E-state index is 0.167. The molecule has 2 aromatic rings. The average Bonchev–Trinajstić information content (AvgIpc) is 2.72. The molecular weight excluding hydrogens is 336 g/mol. The zero-order chi connectivity index (χ0) is 19.2. The molecule has 1 atom stereocenters. The van der Waals surface area contributed by atoms with Gasteiger partial charge in [-0.05, 0) is 35.6 Å². The van der Waals surface area contributed by atoms with Gasteiger partial charge in [0.2, 0.25) is 5.91 Å². The second-order valence-electron chi connectivity index (χ2n) is 7.50. The lowest BCUT2D eigenvalue weighted by molar-refractivity contribution is -0.132. The number of carbonyl (C=O) groups excluding carboxylic acids is 1. The van der Waals surface area contributed by atoms with Gasteiger partial charge in [0.25, 0.3) is 0 Å². The van der Waals surface area contributed by atoms with Crippen molar-refractivity contribution in [3.8, 4) is 5.75 Å². The van der Waals surface area contributed by atoms with Crippen LogP contribution in [0.1, 0.15) is 31.7 Å². The molecule has 0 N–H and O–H groups in total. The van der Waals surface area contributed by atoms with Crippen LogP contribution in [-0.2, 0) is 4.79 Å². The van der Waals surface area contributed by atoms with E-state index in [0.29, 0.717) is 12.3 Å². The quantitative estimate of drug-likeness (QED) is 0.769. The summed E-state index contributed by atoms with van der Waals surface area (Å²) in [5.74, 6) is 1.65. The van der Waals surface area contributed by atoms with Gasteiger partial charge in [0.15, 0.2) is 0 Å². The van der Waals surface area contributed by atoms with Gasteiger partial charge >= 0.3 is 0 Å². The Morgan fingerprint density at radius 1 is 0.963 bits per heavy atom. The Labute approximate surface area is 162 Å². The zero-order valence-corrected chi connectivity index (χ0v) is 16.6. The number of hydrogen-bond acceptors (Lipinski definition) is 3. The Hall–Kier alpha value is -2.49. The van der Waals surface area contributed by atoms with Crippen molar-refractivity contribution in [1.29, 1.82) is 0 Å². The first kappa shape index (κ1) is 19.3. The molecule has 4 nitrogen and oxygen atoms in total. The first-order valence-corrected chi connectivity index (χ1v) is 9.81. The summed E-state index contributed by atoms with van der Waals surface area (Å²) >= 11 is 0. The van der Waals surface area contributed by atoms with Crippen LogP contribution in [0.3, 0.4) is 0 Å². The summed E-state index contributed by atoms with van der Waals surface area (Å²) in [6, 6.07) is 18.5. The van der Waals surface area contributed by atoms with E-state index in [2.05, 4.69) is 49.1 Å². The third kappa shape index (κ3) is 4.62. The molecule has 2 aromatic carbocycles. The lowest BCUT2D eigenvalue weighted by atomic mass is 9.84. The van der Waals surface area contributed by atoms with Crippen LogP contribution in [0.5, 0.6) is 5.75 Å². The highest BCUT2D eigenvalue weighted by Gasteiger charge is 2.27. The van der Waals surface area contributed by atoms with Crippen LogP contribution in [0.15, 0.2) is 54.6 Å². The highest BCUT2D eigenvalue weighted by atomic mass is 16.5. The highest BCUT2D eigenvalue weighted by molar-refractivity contribution is 5.77. The Morgan fingerprint density at radius 2 is 1.59 bits per heavy atom. The van der Waals surface area contributed by atoms with Gasteiger partial charge in [0.05, 0.1) is 7.11 Å². The molecule has 4 heteroatoms. The Balaban J connectivity index is 1.64. The molecule has 1 amide bonds. The topological polar surface area (TPSA) is 32.8 Å². The fourth-order valence-electron chi connectivity index (χ4n) is 3.85. The minimum atomic E-state index is 0.167. The molecule has 144 valence electrons. The van der Waals surface area contributed by atoms with Crippen LogP contribution < -0.4 is 9.64 Å². The predicted octanol–water partition coefficient (Wildman–Crippen LogP) is 4.17. The number of hydrogen-bond donors (Lipinski definition) is 0. The van der Waals surface area contributed by atoms with E-state index in [9.17, 15) is 4.79 Å². The predicted molar refractivity (Wildman–Crippen MR) is 110 cm³/mol. The molecule has 0 spiro atoms. The highest BCUT2D eigenvalue weighted by Crippen LogP contribution is 2.35. The zero-order valence-electron chi connectivity index (χ0n) is 16.6. The number of anilines is 1. The molecule has 1 saturated heterocycles. The molecule has 0 aliphatic carbocycles. The second-order valence-corrected chi connectivity index (χ2v) is 7.50. The number of ether oxygens (including phenoxy) is 1. The lowest BCUT2D eigenvalue weighted by Gasteiger charge is -2.37. The molecule has 0 radical (unpaired) electrons. The van der Waals surface area contributed by atoms with E-state index in [1.165, 1.54) is 5.69 Å². The van der Waals surface area contributed by atoms with Gasteiger partial charge in [0, 0.05) is 38.3 Å². The second kappa shape index (κ2) is 8.94. The van der Waals surface area contributed by atoms with Crippen molar-refractivity contribution in [3.05, 3.63) is 60.2 Å². The van der Waals surface area contributed by atoms with Gasteiger partial charge in [-0.15, -0.1) is 0 Å². The van der Waals surface area contributed by atoms with Crippen LogP contribution in [0.25, 0.3) is 0 Å². The molecule has 0 unspecified atom stereocenters. The number of rotatable bonds is 6. The van der Waals surface area contributed by atoms with Crippen LogP contribution in [0, 0.1) is 5.92 Å². The van der Waals surface area contributed by atoms with E-state index in [4.69, 9.17) is 4.74 Å². The smallest absolute Gasteiger partial charge is 0.223 e. The van der Waals surface area contributed by atoms with Crippen LogP contribution in [0.2, 0.25) is 0 Å². The Bertz CT molecular complexity index is 737. The molecule has 0 bridgehead atoms. The van der Waals surface area contributed by atoms with Crippen LogP contribution >= 0.6 is 0 Å². The molecule has 1 heterocycles. The first-order valence-electron chi connectivity index (χ1n) is 9.81. The maximum absolute atomic E-state index is 13.0. The third-order valence-electron chi connectivity index (χ3n) is 5.49. The molecule has 1 aliphatic heterocycles. The third-order valence-corrected chi connectivity index (χ3v) is 5.49. The van der Waals surface area contributed by atoms with Crippen molar-refractivity contribution in [2.45, 2.75) is 26.2 Å². The molecule has 3 rings (SSSR count). The molecule has 1 aliphatic rings. The first-order chi connectivity index (χ1) is 13.1. The van der Waals surface area contributed by atoms with Crippen molar-refractivity contribution in [2.75, 3.05) is 38.2 Å². The minimum Gasteiger partial charge on any atom is -0.496 e. The number of methoxy groups -OCH3 is 1. The number of para-hydroxylation sites is 2. The van der Waals surface area contributed by atoms with Gasteiger partial charge in [-0.25, -0.2) is 0 Å². The summed E-state index contributed by atoms with van der Waals surface area (Å²) in [5, 5.41) is 0. The van der Waals surface area contributed by atoms with E-state index in [1.54, 1.807) is 7.11 Å². The Kier molecular flexibility index (Phi) is 6.38. The molecule has 0 saturated carbocycles. The lowest BCUT2D eigenvalue weighted by Crippen LogP contribution is -2.49. The number of carbonyl (C=O) groups is 1. The van der Waals surface area contributed by atoms with Gasteiger partial charge in [-0.3, -0.25) is 4.79 Å². The van der Waals surface area contributed by atoms with Gasteiger partial charge < -0.3 is 14.5 Å². The number of piperazine rings is 1. The number of amides is 1. The number of benzene rings is 2. The molecular formula is C23H30N2O2. The van der Waals surface area contributed by atoms with Crippen molar-refractivity contribution in [3.63, 3.8) is 0 Å². The van der Waals surface area contributed by atoms with Crippen molar-refractivity contribution in [2.24, 2.45) is 5.92 Å². The van der Waals surface area contributed by atoms with E-state index < -0.39 is 0 Å². The van der Waals surface area contributed by atoms with E-state index in [-0.39, 0.29) is 11.8 Å². The van der Waals surface area contributed by atoms with Crippen LogP contribution in [-0.4, -0.2) is 44.1 Å². The SMILES string of the molecule is COc1ccccc1[C@H](CC(=O)N1CCN(c2ccccc2)CC1)C(C)C. The van der Waals surface area contributed by atoms with Crippen molar-refractivity contribution >= 4 is 11.6 Å². The van der Waals surface area contributed by atoms with Gasteiger partial charge in [-0.2, -0.15) is 0 Å². The Morgan fingerprint density at radius 3 is 2.22 bits per heavy atom. The summed E-state index contributed by atoms with van der Waals surface area (Å²) in [6.07, 6.45) is 0.531.